The van der Waals surface area contributed by atoms with Gasteiger partial charge in [0.2, 0.25) is 11.8 Å². The number of nitrogens with zero attached hydrogens (tertiary/aromatic N) is 2. The van der Waals surface area contributed by atoms with Crippen molar-refractivity contribution in [3.63, 3.8) is 0 Å². The molecule has 2 amide bonds. The first-order chi connectivity index (χ1) is 9.84. The van der Waals surface area contributed by atoms with Crippen LogP contribution in [0.4, 0.5) is 0 Å². The van der Waals surface area contributed by atoms with E-state index in [1.54, 1.807) is 0 Å². The van der Waals surface area contributed by atoms with Gasteiger partial charge in [0.15, 0.2) is 0 Å². The van der Waals surface area contributed by atoms with E-state index in [4.69, 9.17) is 4.74 Å². The molecule has 0 unspecified atom stereocenters. The van der Waals surface area contributed by atoms with Crippen LogP contribution in [0.5, 0.6) is 0 Å². The Morgan fingerprint density at radius 1 is 0.905 bits per heavy atom. The average molecular weight is 296 g/mol. The lowest BCUT2D eigenvalue weighted by Gasteiger charge is -2.55. The minimum Gasteiger partial charge on any atom is -0.380 e. The van der Waals surface area contributed by atoms with E-state index >= 15 is 0 Å². The number of hydrogen-bond donors (Lipinski definition) is 0. The summed E-state index contributed by atoms with van der Waals surface area (Å²) in [5, 5.41) is 0. The maximum atomic E-state index is 11.4. The predicted molar refractivity (Wildman–Crippen MR) is 80.7 cm³/mol. The van der Waals surface area contributed by atoms with Gasteiger partial charge in [-0.3, -0.25) is 9.59 Å². The molecule has 3 saturated heterocycles. The predicted octanol–water partition coefficient (Wildman–Crippen LogP) is 1.38. The standard InChI is InChI=1S/C9H15NO2.C7H13NO/c1-7(2)8(11)10-3-9(4-10)5-12-6-9;1-6(2)7(9)8-4-3-5-8/h7H,3-6H2,1-2H3;6H,3-5H2,1-2H3. The van der Waals surface area contributed by atoms with Gasteiger partial charge in [-0.05, 0) is 6.42 Å². The van der Waals surface area contributed by atoms with Gasteiger partial charge in [0.25, 0.3) is 0 Å². The van der Waals surface area contributed by atoms with Gasteiger partial charge in [0.1, 0.15) is 0 Å². The number of hydrogen-bond acceptors (Lipinski definition) is 3. The van der Waals surface area contributed by atoms with Crippen molar-refractivity contribution in [3.05, 3.63) is 0 Å². The van der Waals surface area contributed by atoms with Crippen LogP contribution in [0.1, 0.15) is 34.1 Å². The molecule has 3 aliphatic heterocycles. The summed E-state index contributed by atoms with van der Waals surface area (Å²) in [6.07, 6.45) is 1.19. The minimum absolute atomic E-state index is 0.142. The number of rotatable bonds is 2. The molecule has 0 radical (unpaired) electrons. The smallest absolute Gasteiger partial charge is 0.225 e. The fourth-order valence-corrected chi connectivity index (χ4v) is 2.76. The van der Waals surface area contributed by atoms with Crippen LogP contribution in [0.25, 0.3) is 0 Å². The second kappa shape index (κ2) is 6.34. The molecule has 3 aliphatic rings. The molecule has 3 fully saturated rings. The van der Waals surface area contributed by atoms with Crippen molar-refractivity contribution in [2.24, 2.45) is 17.3 Å². The molecule has 0 atom stereocenters. The van der Waals surface area contributed by atoms with Crippen molar-refractivity contribution in [2.75, 3.05) is 39.4 Å². The maximum Gasteiger partial charge on any atom is 0.225 e. The Morgan fingerprint density at radius 2 is 1.38 bits per heavy atom. The first-order valence-electron chi connectivity index (χ1n) is 8.00. The molecule has 1 spiro atoms. The molecule has 0 saturated carbocycles. The molecule has 0 N–H and O–H groups in total. The van der Waals surface area contributed by atoms with Crippen LogP contribution in [0.15, 0.2) is 0 Å². The summed E-state index contributed by atoms with van der Waals surface area (Å²) in [5.41, 5.74) is 0.366. The fourth-order valence-electron chi connectivity index (χ4n) is 2.76. The van der Waals surface area contributed by atoms with Crippen molar-refractivity contribution in [1.29, 1.82) is 0 Å². The van der Waals surface area contributed by atoms with E-state index in [9.17, 15) is 9.59 Å². The van der Waals surface area contributed by atoms with Crippen LogP contribution in [-0.4, -0.2) is 61.0 Å². The fraction of sp³-hybridized carbons (Fsp3) is 0.875. The first kappa shape index (κ1) is 16.3. The number of amides is 2. The lowest BCUT2D eigenvalue weighted by atomic mass is 9.77. The van der Waals surface area contributed by atoms with Crippen LogP contribution < -0.4 is 0 Å². The summed E-state index contributed by atoms with van der Waals surface area (Å²) in [5.74, 6) is 0.919. The largest absolute Gasteiger partial charge is 0.380 e. The summed E-state index contributed by atoms with van der Waals surface area (Å²) in [6.45, 7) is 13.3. The molecule has 0 bridgehead atoms. The van der Waals surface area contributed by atoms with E-state index in [1.807, 2.05) is 37.5 Å². The second-order valence-corrected chi connectivity index (χ2v) is 7.18. The third-order valence-corrected chi connectivity index (χ3v) is 4.34. The van der Waals surface area contributed by atoms with E-state index in [-0.39, 0.29) is 17.7 Å². The summed E-state index contributed by atoms with van der Waals surface area (Å²) in [4.78, 5) is 26.3. The Morgan fingerprint density at radius 3 is 1.62 bits per heavy atom. The zero-order valence-electron chi connectivity index (χ0n) is 13.7. The molecule has 3 rings (SSSR count). The quantitative estimate of drug-likeness (QED) is 0.773. The minimum atomic E-state index is 0.142. The summed E-state index contributed by atoms with van der Waals surface area (Å²) in [7, 11) is 0. The van der Waals surface area contributed by atoms with Gasteiger partial charge in [-0.1, -0.05) is 27.7 Å². The summed E-state index contributed by atoms with van der Waals surface area (Å²) < 4.78 is 5.13. The molecule has 3 heterocycles. The number of carbonyl (C=O) groups is 2. The highest BCUT2D eigenvalue weighted by molar-refractivity contribution is 5.79. The Bertz CT molecular complexity index is 390. The molecule has 5 nitrogen and oxygen atoms in total. The molecular formula is C16H28N2O3. The first-order valence-corrected chi connectivity index (χ1v) is 8.00. The summed E-state index contributed by atoms with van der Waals surface area (Å²) in [6, 6.07) is 0. The molecular weight excluding hydrogens is 268 g/mol. The molecule has 0 aromatic carbocycles. The molecule has 0 aliphatic carbocycles. The number of carbonyl (C=O) groups excluding carboxylic acids is 2. The van der Waals surface area contributed by atoms with Crippen molar-refractivity contribution in [3.8, 4) is 0 Å². The van der Waals surface area contributed by atoms with Crippen LogP contribution in [-0.2, 0) is 14.3 Å². The zero-order valence-corrected chi connectivity index (χ0v) is 13.7. The van der Waals surface area contributed by atoms with Crippen molar-refractivity contribution in [1.82, 2.24) is 9.80 Å². The maximum absolute atomic E-state index is 11.4. The van der Waals surface area contributed by atoms with Crippen LogP contribution in [0, 0.1) is 17.3 Å². The molecule has 0 aromatic heterocycles. The SMILES string of the molecule is CC(C)C(=O)N1CC2(COC2)C1.CC(C)C(=O)N1CCC1. The van der Waals surface area contributed by atoms with E-state index < -0.39 is 0 Å². The van der Waals surface area contributed by atoms with E-state index in [1.165, 1.54) is 6.42 Å². The topological polar surface area (TPSA) is 49.9 Å². The van der Waals surface area contributed by atoms with E-state index in [0.29, 0.717) is 11.3 Å². The summed E-state index contributed by atoms with van der Waals surface area (Å²) >= 11 is 0. The third kappa shape index (κ3) is 3.57. The van der Waals surface area contributed by atoms with Gasteiger partial charge in [-0.2, -0.15) is 0 Å². The van der Waals surface area contributed by atoms with E-state index in [0.717, 1.165) is 39.4 Å². The van der Waals surface area contributed by atoms with Gasteiger partial charge in [-0.25, -0.2) is 0 Å². The highest BCUT2D eigenvalue weighted by Crippen LogP contribution is 2.37. The number of ether oxygens (including phenoxy) is 1. The zero-order chi connectivity index (χ0) is 15.6. The van der Waals surface area contributed by atoms with Gasteiger partial charge < -0.3 is 14.5 Å². The van der Waals surface area contributed by atoms with Crippen LogP contribution in [0.3, 0.4) is 0 Å². The Hall–Kier alpha value is -1.10. The second-order valence-electron chi connectivity index (χ2n) is 7.18. The molecule has 21 heavy (non-hydrogen) atoms. The average Bonchev–Trinajstić information content (AvgIpc) is 2.23. The van der Waals surface area contributed by atoms with Gasteiger partial charge in [-0.15, -0.1) is 0 Å². The molecule has 120 valence electrons. The molecule has 5 heteroatoms. The Kier molecular flexibility index (Phi) is 4.91. The number of likely N-dealkylation sites (tertiary alicyclic amines) is 2. The Balaban J connectivity index is 0.000000161. The van der Waals surface area contributed by atoms with Crippen molar-refractivity contribution in [2.45, 2.75) is 34.1 Å². The van der Waals surface area contributed by atoms with Crippen LogP contribution in [0.2, 0.25) is 0 Å². The van der Waals surface area contributed by atoms with Gasteiger partial charge in [0, 0.05) is 38.0 Å². The monoisotopic (exact) mass is 296 g/mol. The van der Waals surface area contributed by atoms with Crippen molar-refractivity contribution >= 4 is 11.8 Å². The van der Waals surface area contributed by atoms with Gasteiger partial charge >= 0.3 is 0 Å². The highest BCUT2D eigenvalue weighted by atomic mass is 16.5. The third-order valence-electron chi connectivity index (χ3n) is 4.34. The van der Waals surface area contributed by atoms with Gasteiger partial charge in [0.05, 0.1) is 18.6 Å². The lowest BCUT2D eigenvalue weighted by molar-refractivity contribution is -0.196. The molecule has 0 aromatic rings. The van der Waals surface area contributed by atoms with Crippen LogP contribution >= 0.6 is 0 Å². The lowest BCUT2D eigenvalue weighted by Crippen LogP contribution is -2.67. The van der Waals surface area contributed by atoms with Crippen molar-refractivity contribution < 1.29 is 14.3 Å². The Labute approximate surface area is 127 Å². The highest BCUT2D eigenvalue weighted by Gasteiger charge is 2.50. The van der Waals surface area contributed by atoms with E-state index in [2.05, 4.69) is 0 Å². The normalized spacial score (nSPS) is 22.2.